The molecule has 6 nitrogen and oxygen atoms in total. The Morgan fingerprint density at radius 3 is 3.18 bits per heavy atom. The van der Waals surface area contributed by atoms with Crippen LogP contribution in [0.1, 0.15) is 23.3 Å². The average molecular weight is 303 g/mol. The minimum Gasteiger partial charge on any atom is -0.377 e. The number of nitrogens with zero attached hydrogens (tertiary/aromatic N) is 3. The molecule has 3 atom stereocenters. The van der Waals surface area contributed by atoms with Crippen molar-refractivity contribution in [2.45, 2.75) is 25.0 Å². The second-order valence-electron chi connectivity index (χ2n) is 5.66. The Labute approximate surface area is 130 Å². The van der Waals surface area contributed by atoms with Gasteiger partial charge in [-0.3, -0.25) is 9.78 Å². The number of carbonyl (C=O) groups is 1. The minimum atomic E-state index is -0.0564. The highest BCUT2D eigenvalue weighted by atomic mass is 16.5. The molecule has 3 rings (SSSR count). The van der Waals surface area contributed by atoms with Gasteiger partial charge in [0.25, 0.3) is 5.91 Å². The molecule has 1 aliphatic heterocycles. The Morgan fingerprint density at radius 1 is 1.50 bits per heavy atom. The summed E-state index contributed by atoms with van der Waals surface area (Å²) in [6.07, 6.45) is 8.40. The van der Waals surface area contributed by atoms with Crippen molar-refractivity contribution in [2.75, 3.05) is 26.4 Å². The predicted octanol–water partition coefficient (Wildman–Crippen LogP) is 1.30. The Morgan fingerprint density at radius 2 is 2.41 bits per heavy atom. The lowest BCUT2D eigenvalue weighted by molar-refractivity contribution is -0.0739. The number of hydrogen-bond acceptors (Lipinski definition) is 5. The van der Waals surface area contributed by atoms with Gasteiger partial charge in [-0.25, -0.2) is 4.98 Å². The zero-order chi connectivity index (χ0) is 15.4. The molecule has 0 radical (unpaired) electrons. The van der Waals surface area contributed by atoms with E-state index in [2.05, 4.69) is 16.5 Å². The van der Waals surface area contributed by atoms with Crippen LogP contribution in [-0.4, -0.2) is 59.3 Å². The molecule has 1 aromatic heterocycles. The first-order valence-corrected chi connectivity index (χ1v) is 7.68. The van der Waals surface area contributed by atoms with E-state index in [9.17, 15) is 4.79 Å². The van der Waals surface area contributed by atoms with Gasteiger partial charge >= 0.3 is 0 Å². The Kier molecular flexibility index (Phi) is 4.80. The number of aromatic nitrogens is 2. The summed E-state index contributed by atoms with van der Waals surface area (Å²) in [6.45, 7) is 6.03. The summed E-state index contributed by atoms with van der Waals surface area (Å²) in [5.41, 5.74) is 0.398. The first-order chi connectivity index (χ1) is 10.8. The Balaban J connectivity index is 1.67. The monoisotopic (exact) mass is 303 g/mol. The van der Waals surface area contributed by atoms with Gasteiger partial charge in [0.2, 0.25) is 0 Å². The lowest BCUT2D eigenvalue weighted by Gasteiger charge is -2.39. The van der Waals surface area contributed by atoms with Crippen LogP contribution in [0.3, 0.4) is 0 Å². The maximum absolute atomic E-state index is 12.6. The lowest BCUT2D eigenvalue weighted by Crippen LogP contribution is -2.53. The van der Waals surface area contributed by atoms with E-state index in [1.54, 1.807) is 18.5 Å². The van der Waals surface area contributed by atoms with Crippen molar-refractivity contribution in [3.8, 4) is 0 Å². The second kappa shape index (κ2) is 6.98. The summed E-state index contributed by atoms with van der Waals surface area (Å²) >= 11 is 0. The van der Waals surface area contributed by atoms with Gasteiger partial charge in [-0.15, -0.1) is 6.58 Å². The second-order valence-corrected chi connectivity index (χ2v) is 5.66. The molecule has 1 aromatic rings. The molecule has 118 valence electrons. The van der Waals surface area contributed by atoms with E-state index >= 15 is 0 Å². The van der Waals surface area contributed by atoms with Crippen LogP contribution in [0.2, 0.25) is 0 Å². The number of ether oxygens (including phenoxy) is 2. The molecule has 1 amide bonds. The van der Waals surface area contributed by atoms with Crippen molar-refractivity contribution in [3.63, 3.8) is 0 Å². The number of rotatable bonds is 5. The van der Waals surface area contributed by atoms with Crippen molar-refractivity contribution in [2.24, 2.45) is 5.92 Å². The maximum atomic E-state index is 12.6. The van der Waals surface area contributed by atoms with Crippen LogP contribution in [0.25, 0.3) is 0 Å². The number of morpholine rings is 1. The summed E-state index contributed by atoms with van der Waals surface area (Å²) in [7, 11) is 0. The van der Waals surface area contributed by atoms with Gasteiger partial charge in [0.1, 0.15) is 5.69 Å². The number of hydrogen-bond donors (Lipinski definition) is 0. The molecule has 22 heavy (non-hydrogen) atoms. The molecule has 2 aliphatic rings. The molecular weight excluding hydrogens is 282 g/mol. The molecule has 0 unspecified atom stereocenters. The number of carbonyl (C=O) groups excluding carboxylic acids is 1. The van der Waals surface area contributed by atoms with Crippen molar-refractivity contribution < 1.29 is 14.3 Å². The summed E-state index contributed by atoms with van der Waals surface area (Å²) in [6, 6.07) is 0.112. The van der Waals surface area contributed by atoms with Crippen LogP contribution in [-0.2, 0) is 9.47 Å². The largest absolute Gasteiger partial charge is 0.377 e. The predicted molar refractivity (Wildman–Crippen MR) is 80.3 cm³/mol. The molecule has 1 saturated carbocycles. The Bertz CT molecular complexity index is 523. The topological polar surface area (TPSA) is 64.6 Å². The molecule has 2 heterocycles. The standard InChI is InChI=1S/C16H21N3O3/c1-2-8-21-11-12-3-4-14-15(12)22-9-7-19(14)16(20)13-10-17-5-6-18-13/h2,5-6,10,12,14-15H,1,3-4,7-9,11H2/t12-,14+,15+/m0/s1. The normalized spacial score (nSPS) is 27.5. The van der Waals surface area contributed by atoms with E-state index in [0.717, 1.165) is 12.8 Å². The van der Waals surface area contributed by atoms with Crippen LogP contribution in [0, 0.1) is 5.92 Å². The van der Waals surface area contributed by atoms with Crippen molar-refractivity contribution in [1.29, 1.82) is 0 Å². The van der Waals surface area contributed by atoms with E-state index in [-0.39, 0.29) is 18.1 Å². The van der Waals surface area contributed by atoms with Gasteiger partial charge in [-0.05, 0) is 12.8 Å². The molecule has 0 bridgehead atoms. The van der Waals surface area contributed by atoms with Gasteiger partial charge in [-0.1, -0.05) is 6.08 Å². The fraction of sp³-hybridized carbons (Fsp3) is 0.562. The minimum absolute atomic E-state index is 0.0548. The molecule has 0 spiro atoms. The van der Waals surface area contributed by atoms with Crippen LogP contribution >= 0.6 is 0 Å². The first-order valence-electron chi connectivity index (χ1n) is 7.68. The van der Waals surface area contributed by atoms with E-state index in [4.69, 9.17) is 9.47 Å². The molecule has 0 aromatic carbocycles. The highest BCUT2D eigenvalue weighted by Crippen LogP contribution is 2.35. The van der Waals surface area contributed by atoms with Crippen LogP contribution in [0.5, 0.6) is 0 Å². The highest BCUT2D eigenvalue weighted by molar-refractivity contribution is 5.92. The fourth-order valence-electron chi connectivity index (χ4n) is 3.35. The fourth-order valence-corrected chi connectivity index (χ4v) is 3.35. The highest BCUT2D eigenvalue weighted by Gasteiger charge is 2.44. The SMILES string of the molecule is C=CCOC[C@@H]1CC[C@@H]2[C@@H]1OCCN2C(=O)c1cnccn1. The van der Waals surface area contributed by atoms with Crippen molar-refractivity contribution in [1.82, 2.24) is 14.9 Å². The summed E-state index contributed by atoms with van der Waals surface area (Å²) in [5, 5.41) is 0. The third-order valence-corrected chi connectivity index (χ3v) is 4.33. The number of amides is 1. The quantitative estimate of drug-likeness (QED) is 0.606. The van der Waals surface area contributed by atoms with Gasteiger partial charge in [0, 0.05) is 24.9 Å². The first kappa shape index (κ1) is 15.1. The Hall–Kier alpha value is -1.79. The number of fused-ring (bicyclic) bond motifs is 1. The third-order valence-electron chi connectivity index (χ3n) is 4.33. The van der Waals surface area contributed by atoms with E-state index in [1.807, 2.05) is 4.90 Å². The van der Waals surface area contributed by atoms with Gasteiger partial charge in [-0.2, -0.15) is 0 Å². The van der Waals surface area contributed by atoms with E-state index in [0.29, 0.717) is 38.0 Å². The average Bonchev–Trinajstić information content (AvgIpc) is 2.98. The van der Waals surface area contributed by atoms with E-state index in [1.165, 1.54) is 6.20 Å². The summed E-state index contributed by atoms with van der Waals surface area (Å²) in [5.74, 6) is 0.279. The molecule has 2 fully saturated rings. The summed E-state index contributed by atoms with van der Waals surface area (Å²) in [4.78, 5) is 22.6. The zero-order valence-electron chi connectivity index (χ0n) is 12.6. The van der Waals surface area contributed by atoms with Gasteiger partial charge < -0.3 is 14.4 Å². The zero-order valence-corrected chi connectivity index (χ0v) is 12.6. The van der Waals surface area contributed by atoms with Crippen LogP contribution in [0.4, 0.5) is 0 Å². The summed E-state index contributed by atoms with van der Waals surface area (Å²) < 4.78 is 11.5. The lowest BCUT2D eigenvalue weighted by atomic mass is 10.0. The van der Waals surface area contributed by atoms with Crippen LogP contribution in [0.15, 0.2) is 31.2 Å². The molecule has 6 heteroatoms. The maximum Gasteiger partial charge on any atom is 0.274 e. The smallest absolute Gasteiger partial charge is 0.274 e. The third kappa shape index (κ3) is 3.03. The van der Waals surface area contributed by atoms with Gasteiger partial charge in [0.15, 0.2) is 0 Å². The molecular formula is C16H21N3O3. The molecule has 0 N–H and O–H groups in total. The van der Waals surface area contributed by atoms with Crippen LogP contribution < -0.4 is 0 Å². The van der Waals surface area contributed by atoms with E-state index < -0.39 is 0 Å². The molecule has 1 saturated heterocycles. The van der Waals surface area contributed by atoms with Crippen molar-refractivity contribution in [3.05, 3.63) is 36.9 Å². The molecule has 1 aliphatic carbocycles. The van der Waals surface area contributed by atoms with Crippen molar-refractivity contribution >= 4 is 5.91 Å². The van der Waals surface area contributed by atoms with Gasteiger partial charge in [0.05, 0.1) is 38.2 Å².